The van der Waals surface area contributed by atoms with Crippen LogP contribution in [0.2, 0.25) is 0 Å². The molecular weight excluding hydrogens is 220 g/mol. The average Bonchev–Trinajstić information content (AvgIpc) is 2.28. The summed E-state index contributed by atoms with van der Waals surface area (Å²) < 4.78 is 0. The summed E-state index contributed by atoms with van der Waals surface area (Å²) in [6.07, 6.45) is 0.348. The second kappa shape index (κ2) is 5.61. The van der Waals surface area contributed by atoms with Crippen molar-refractivity contribution in [2.45, 2.75) is 13.3 Å². The Morgan fingerprint density at radius 2 is 2.00 bits per heavy atom. The van der Waals surface area contributed by atoms with Gasteiger partial charge in [-0.15, -0.1) is 0 Å². The van der Waals surface area contributed by atoms with E-state index in [0.29, 0.717) is 11.4 Å². The van der Waals surface area contributed by atoms with Gasteiger partial charge in [-0.05, 0) is 12.1 Å². The van der Waals surface area contributed by atoms with Crippen LogP contribution in [0.25, 0.3) is 0 Å². The molecule has 0 aliphatic heterocycles. The molecule has 0 aliphatic rings. The fraction of sp³-hybridized carbons (Fsp3) is 0.333. The molecule has 0 saturated carbocycles. The smallest absolute Gasteiger partial charge is 0.227 e. The summed E-state index contributed by atoms with van der Waals surface area (Å²) in [5.41, 5.74) is 6.36. The Balaban J connectivity index is 2.65. The zero-order valence-corrected chi connectivity index (χ0v) is 10.3. The van der Waals surface area contributed by atoms with E-state index in [1.807, 2.05) is 37.3 Å². The molecule has 1 unspecified atom stereocenters. The van der Waals surface area contributed by atoms with Gasteiger partial charge in [-0.2, -0.15) is 0 Å². The van der Waals surface area contributed by atoms with Crippen molar-refractivity contribution in [2.75, 3.05) is 11.9 Å². The molecule has 0 bridgehead atoms. The van der Waals surface area contributed by atoms with Crippen LogP contribution in [0.5, 0.6) is 0 Å². The van der Waals surface area contributed by atoms with Crippen LogP contribution in [0.1, 0.15) is 13.3 Å². The summed E-state index contributed by atoms with van der Waals surface area (Å²) in [4.78, 5) is 13.9. The summed E-state index contributed by atoms with van der Waals surface area (Å²) in [6.45, 7) is 1.86. The molecule has 16 heavy (non-hydrogen) atoms. The molecular formula is C12H16N2OS. The number of amides is 1. The molecule has 1 atom stereocenters. The minimum Gasteiger partial charge on any atom is -0.393 e. The number of thiocarbonyl (C=S) groups is 1. The molecule has 1 aromatic rings. The maximum Gasteiger partial charge on any atom is 0.227 e. The van der Waals surface area contributed by atoms with Crippen LogP contribution in [0.15, 0.2) is 30.3 Å². The Labute approximate surface area is 101 Å². The summed E-state index contributed by atoms with van der Waals surface area (Å²) in [7, 11) is 1.75. The van der Waals surface area contributed by atoms with E-state index in [-0.39, 0.29) is 11.8 Å². The highest BCUT2D eigenvalue weighted by Gasteiger charge is 2.15. The molecule has 3 nitrogen and oxygen atoms in total. The summed E-state index contributed by atoms with van der Waals surface area (Å²) in [5.74, 6) is -0.0415. The third-order valence-electron chi connectivity index (χ3n) is 2.48. The Kier molecular flexibility index (Phi) is 4.43. The van der Waals surface area contributed by atoms with Crippen molar-refractivity contribution < 1.29 is 4.79 Å². The van der Waals surface area contributed by atoms with Crippen molar-refractivity contribution in [3.8, 4) is 0 Å². The molecule has 0 spiro atoms. The van der Waals surface area contributed by atoms with E-state index in [1.165, 1.54) is 0 Å². The van der Waals surface area contributed by atoms with E-state index in [1.54, 1.807) is 11.9 Å². The van der Waals surface area contributed by atoms with E-state index >= 15 is 0 Å². The van der Waals surface area contributed by atoms with Gasteiger partial charge in [0.1, 0.15) is 0 Å². The zero-order valence-electron chi connectivity index (χ0n) is 9.51. The molecule has 0 heterocycles. The van der Waals surface area contributed by atoms with E-state index in [2.05, 4.69) is 0 Å². The van der Waals surface area contributed by atoms with Crippen LogP contribution in [0.4, 0.5) is 5.69 Å². The quantitative estimate of drug-likeness (QED) is 0.813. The van der Waals surface area contributed by atoms with E-state index in [9.17, 15) is 4.79 Å². The highest BCUT2D eigenvalue weighted by Crippen LogP contribution is 2.14. The molecule has 0 fully saturated rings. The maximum atomic E-state index is 11.9. The zero-order chi connectivity index (χ0) is 12.1. The van der Waals surface area contributed by atoms with Gasteiger partial charge in [0.25, 0.3) is 0 Å². The number of hydrogen-bond acceptors (Lipinski definition) is 2. The summed E-state index contributed by atoms with van der Waals surface area (Å²) in [6, 6.07) is 9.50. The Bertz CT molecular complexity index is 378. The number of anilines is 1. The molecule has 1 rings (SSSR count). The minimum absolute atomic E-state index is 0.0199. The number of rotatable bonds is 4. The second-order valence-corrected chi connectivity index (χ2v) is 4.27. The molecule has 0 aliphatic carbocycles. The number of nitrogens with two attached hydrogens (primary N) is 1. The lowest BCUT2D eigenvalue weighted by atomic mass is 10.1. The van der Waals surface area contributed by atoms with Gasteiger partial charge in [0.15, 0.2) is 0 Å². The molecule has 1 aromatic carbocycles. The van der Waals surface area contributed by atoms with Crippen LogP contribution in [0.3, 0.4) is 0 Å². The fourth-order valence-electron chi connectivity index (χ4n) is 1.30. The van der Waals surface area contributed by atoms with Gasteiger partial charge in [0.2, 0.25) is 5.91 Å². The first-order valence-electron chi connectivity index (χ1n) is 5.13. The monoisotopic (exact) mass is 236 g/mol. The summed E-state index contributed by atoms with van der Waals surface area (Å²) >= 11 is 4.85. The fourth-order valence-corrected chi connectivity index (χ4v) is 1.38. The molecule has 0 radical (unpaired) electrons. The van der Waals surface area contributed by atoms with Gasteiger partial charge in [-0.25, -0.2) is 0 Å². The highest BCUT2D eigenvalue weighted by molar-refractivity contribution is 7.80. The molecule has 0 saturated heterocycles. The van der Waals surface area contributed by atoms with Crippen molar-refractivity contribution >= 4 is 28.8 Å². The molecule has 1 amide bonds. The molecule has 4 heteroatoms. The number of hydrogen-bond donors (Lipinski definition) is 1. The number of benzene rings is 1. The van der Waals surface area contributed by atoms with E-state index in [0.717, 1.165) is 5.69 Å². The largest absolute Gasteiger partial charge is 0.393 e. The lowest BCUT2D eigenvalue weighted by molar-refractivity contribution is -0.118. The standard InChI is InChI=1S/C12H16N2OS/c1-9(12(13)16)8-11(15)14(2)10-6-4-3-5-7-10/h3-7,9H,8H2,1-2H3,(H2,13,16). The van der Waals surface area contributed by atoms with E-state index < -0.39 is 0 Å². The van der Waals surface area contributed by atoms with Crippen LogP contribution in [0, 0.1) is 5.92 Å². The van der Waals surface area contributed by atoms with Gasteiger partial charge in [0, 0.05) is 25.1 Å². The van der Waals surface area contributed by atoms with Crippen LogP contribution in [-0.2, 0) is 4.79 Å². The van der Waals surface area contributed by atoms with Gasteiger partial charge in [0.05, 0.1) is 4.99 Å². The minimum atomic E-state index is -0.0614. The van der Waals surface area contributed by atoms with Crippen molar-refractivity contribution in [1.82, 2.24) is 0 Å². The number of carbonyl (C=O) groups is 1. The van der Waals surface area contributed by atoms with Gasteiger partial charge in [-0.3, -0.25) is 4.79 Å². The third-order valence-corrected chi connectivity index (χ3v) is 2.89. The lowest BCUT2D eigenvalue weighted by Crippen LogP contribution is -2.30. The maximum absolute atomic E-state index is 11.9. The van der Waals surface area contributed by atoms with Crippen LogP contribution in [-0.4, -0.2) is 17.9 Å². The van der Waals surface area contributed by atoms with Crippen LogP contribution >= 0.6 is 12.2 Å². The topological polar surface area (TPSA) is 46.3 Å². The Hall–Kier alpha value is -1.42. The first kappa shape index (κ1) is 12.6. The van der Waals surface area contributed by atoms with Gasteiger partial charge >= 0.3 is 0 Å². The number of carbonyl (C=O) groups excluding carboxylic acids is 1. The van der Waals surface area contributed by atoms with E-state index in [4.69, 9.17) is 18.0 Å². The molecule has 2 N–H and O–H groups in total. The SMILES string of the molecule is CC(CC(=O)N(C)c1ccccc1)C(N)=S. The Morgan fingerprint density at radius 3 is 2.50 bits per heavy atom. The van der Waals surface area contributed by atoms with Crippen molar-refractivity contribution in [3.05, 3.63) is 30.3 Å². The summed E-state index contributed by atoms with van der Waals surface area (Å²) in [5, 5.41) is 0. The van der Waals surface area contributed by atoms with Crippen LogP contribution < -0.4 is 10.6 Å². The normalized spacial score (nSPS) is 11.9. The van der Waals surface area contributed by atoms with Crippen molar-refractivity contribution in [2.24, 2.45) is 11.7 Å². The van der Waals surface area contributed by atoms with Gasteiger partial charge in [-0.1, -0.05) is 37.3 Å². The molecule has 86 valence electrons. The molecule has 0 aromatic heterocycles. The predicted molar refractivity (Wildman–Crippen MR) is 70.4 cm³/mol. The predicted octanol–water partition coefficient (Wildman–Crippen LogP) is 1.96. The second-order valence-electron chi connectivity index (χ2n) is 3.80. The number of nitrogens with zero attached hydrogens (tertiary/aromatic N) is 1. The average molecular weight is 236 g/mol. The number of para-hydroxylation sites is 1. The first-order chi connectivity index (χ1) is 7.52. The first-order valence-corrected chi connectivity index (χ1v) is 5.54. The Morgan fingerprint density at radius 1 is 1.44 bits per heavy atom. The highest BCUT2D eigenvalue weighted by atomic mass is 32.1. The lowest BCUT2D eigenvalue weighted by Gasteiger charge is -2.19. The van der Waals surface area contributed by atoms with Crippen molar-refractivity contribution in [1.29, 1.82) is 0 Å². The van der Waals surface area contributed by atoms with Crippen molar-refractivity contribution in [3.63, 3.8) is 0 Å². The van der Waals surface area contributed by atoms with Gasteiger partial charge < -0.3 is 10.6 Å². The third kappa shape index (κ3) is 3.31.